The summed E-state index contributed by atoms with van der Waals surface area (Å²) in [6.07, 6.45) is 0. The summed E-state index contributed by atoms with van der Waals surface area (Å²) in [4.78, 5) is 0. The minimum absolute atomic E-state index is 0.303. The summed E-state index contributed by atoms with van der Waals surface area (Å²) in [5.41, 5.74) is 7.25. The maximum absolute atomic E-state index is 13.0. The first-order chi connectivity index (χ1) is 7.70. The summed E-state index contributed by atoms with van der Waals surface area (Å²) in [6.45, 7) is 0.631. The van der Waals surface area contributed by atoms with Gasteiger partial charge in [-0.2, -0.15) is 5.10 Å². The molecule has 2 aromatic rings. The molecule has 0 saturated heterocycles. The van der Waals surface area contributed by atoms with Gasteiger partial charge in [0.25, 0.3) is 0 Å². The van der Waals surface area contributed by atoms with Crippen LogP contribution < -0.4 is 11.1 Å². The number of halogens is 1. The van der Waals surface area contributed by atoms with Gasteiger partial charge in [0.2, 0.25) is 0 Å². The molecule has 16 heavy (non-hydrogen) atoms. The number of nitrogens with one attached hydrogen (secondary N) is 1. The molecule has 0 aliphatic heterocycles. The van der Waals surface area contributed by atoms with Crippen molar-refractivity contribution in [3.05, 3.63) is 41.8 Å². The van der Waals surface area contributed by atoms with E-state index in [0.29, 0.717) is 18.1 Å². The molecule has 1 heterocycles. The Kier molecular flexibility index (Phi) is 2.87. The van der Waals surface area contributed by atoms with Crippen molar-refractivity contribution >= 4 is 5.82 Å². The highest BCUT2D eigenvalue weighted by atomic mass is 19.1. The summed E-state index contributed by atoms with van der Waals surface area (Å²) in [5, 5.41) is 7.26. The van der Waals surface area contributed by atoms with Crippen LogP contribution >= 0.6 is 0 Å². The largest absolute Gasteiger partial charge is 0.384 e. The molecule has 4 nitrogen and oxygen atoms in total. The first-order valence-corrected chi connectivity index (χ1v) is 4.95. The summed E-state index contributed by atoms with van der Waals surface area (Å²) < 4.78 is 14.6. The standard InChI is InChI=1S/C11H13FN4/c1-14-7-9-6-11(13)16(15-9)10-4-2-3-8(12)5-10/h2-6,14H,7,13H2,1H3. The zero-order valence-corrected chi connectivity index (χ0v) is 8.94. The lowest BCUT2D eigenvalue weighted by molar-refractivity contribution is 0.625. The molecule has 0 bridgehead atoms. The second-order valence-electron chi connectivity index (χ2n) is 3.48. The van der Waals surface area contributed by atoms with Crippen LogP contribution in [0.3, 0.4) is 0 Å². The monoisotopic (exact) mass is 220 g/mol. The number of hydrogen-bond acceptors (Lipinski definition) is 3. The molecule has 0 amide bonds. The van der Waals surface area contributed by atoms with E-state index in [4.69, 9.17) is 5.73 Å². The third-order valence-electron chi connectivity index (χ3n) is 2.20. The molecule has 0 aliphatic carbocycles. The van der Waals surface area contributed by atoms with Crippen molar-refractivity contribution in [3.63, 3.8) is 0 Å². The second kappa shape index (κ2) is 4.32. The molecule has 0 saturated carbocycles. The summed E-state index contributed by atoms with van der Waals surface area (Å²) in [6, 6.07) is 7.94. The van der Waals surface area contributed by atoms with Gasteiger partial charge >= 0.3 is 0 Å². The number of anilines is 1. The Morgan fingerprint density at radius 2 is 2.25 bits per heavy atom. The highest BCUT2D eigenvalue weighted by Crippen LogP contribution is 2.15. The molecular weight excluding hydrogens is 207 g/mol. The zero-order chi connectivity index (χ0) is 11.5. The molecule has 0 radical (unpaired) electrons. The normalized spacial score (nSPS) is 10.6. The Morgan fingerprint density at radius 3 is 2.94 bits per heavy atom. The van der Waals surface area contributed by atoms with Crippen molar-refractivity contribution in [3.8, 4) is 5.69 Å². The summed E-state index contributed by atoms with van der Waals surface area (Å²) >= 11 is 0. The smallest absolute Gasteiger partial charge is 0.127 e. The maximum atomic E-state index is 13.0. The average Bonchev–Trinajstić information content (AvgIpc) is 2.60. The third kappa shape index (κ3) is 2.04. The average molecular weight is 220 g/mol. The fourth-order valence-electron chi connectivity index (χ4n) is 1.53. The number of nitrogens with zero attached hydrogens (tertiary/aromatic N) is 2. The molecule has 0 atom stereocenters. The Balaban J connectivity index is 2.40. The Labute approximate surface area is 92.9 Å². The first kappa shape index (κ1) is 10.6. The number of rotatable bonds is 3. The lowest BCUT2D eigenvalue weighted by atomic mass is 10.3. The van der Waals surface area contributed by atoms with Gasteiger partial charge in [-0.1, -0.05) is 6.07 Å². The van der Waals surface area contributed by atoms with Crippen molar-refractivity contribution in [2.45, 2.75) is 6.54 Å². The van der Waals surface area contributed by atoms with Crippen molar-refractivity contribution in [2.24, 2.45) is 0 Å². The number of benzene rings is 1. The van der Waals surface area contributed by atoms with Gasteiger partial charge in [-0.3, -0.25) is 0 Å². The van der Waals surface area contributed by atoms with E-state index in [1.54, 1.807) is 18.2 Å². The van der Waals surface area contributed by atoms with Crippen molar-refractivity contribution in [1.82, 2.24) is 15.1 Å². The number of nitrogens with two attached hydrogens (primary N) is 1. The van der Waals surface area contributed by atoms with Crippen LogP contribution in [0.5, 0.6) is 0 Å². The number of aromatic nitrogens is 2. The van der Waals surface area contributed by atoms with Crippen LogP contribution in [0.4, 0.5) is 10.2 Å². The fraction of sp³-hybridized carbons (Fsp3) is 0.182. The van der Waals surface area contributed by atoms with Gasteiger partial charge in [-0.05, 0) is 25.2 Å². The van der Waals surface area contributed by atoms with Crippen LogP contribution in [-0.2, 0) is 6.54 Å². The van der Waals surface area contributed by atoms with E-state index in [9.17, 15) is 4.39 Å². The van der Waals surface area contributed by atoms with Gasteiger partial charge in [-0.15, -0.1) is 0 Å². The van der Waals surface area contributed by atoms with Gasteiger partial charge in [0.05, 0.1) is 11.4 Å². The maximum Gasteiger partial charge on any atom is 0.127 e. The SMILES string of the molecule is CNCc1cc(N)n(-c2cccc(F)c2)n1. The van der Waals surface area contributed by atoms with E-state index >= 15 is 0 Å². The second-order valence-corrected chi connectivity index (χ2v) is 3.48. The zero-order valence-electron chi connectivity index (χ0n) is 8.94. The molecule has 1 aromatic carbocycles. The van der Waals surface area contributed by atoms with Gasteiger partial charge in [0, 0.05) is 12.6 Å². The Morgan fingerprint density at radius 1 is 1.44 bits per heavy atom. The lowest BCUT2D eigenvalue weighted by Gasteiger charge is -2.03. The van der Waals surface area contributed by atoms with E-state index in [1.807, 2.05) is 7.05 Å². The van der Waals surface area contributed by atoms with Crippen LogP contribution in [-0.4, -0.2) is 16.8 Å². The Bertz CT molecular complexity index is 492. The molecule has 0 unspecified atom stereocenters. The number of nitrogen functional groups attached to an aromatic ring is 1. The van der Waals surface area contributed by atoms with Crippen molar-refractivity contribution < 1.29 is 4.39 Å². The van der Waals surface area contributed by atoms with Crippen molar-refractivity contribution in [1.29, 1.82) is 0 Å². The summed E-state index contributed by atoms with van der Waals surface area (Å²) in [7, 11) is 1.83. The van der Waals surface area contributed by atoms with Crippen LogP contribution in [0.2, 0.25) is 0 Å². The third-order valence-corrected chi connectivity index (χ3v) is 2.20. The number of hydrogen-bond donors (Lipinski definition) is 2. The molecule has 84 valence electrons. The highest BCUT2D eigenvalue weighted by molar-refractivity contribution is 5.42. The summed E-state index contributed by atoms with van der Waals surface area (Å²) in [5.74, 6) is 0.193. The first-order valence-electron chi connectivity index (χ1n) is 4.95. The van der Waals surface area contributed by atoms with Crippen molar-refractivity contribution in [2.75, 3.05) is 12.8 Å². The van der Waals surface area contributed by atoms with E-state index < -0.39 is 0 Å². The van der Waals surface area contributed by atoms with Gasteiger partial charge < -0.3 is 11.1 Å². The van der Waals surface area contributed by atoms with E-state index in [0.717, 1.165) is 5.69 Å². The van der Waals surface area contributed by atoms with Gasteiger partial charge in [0.15, 0.2) is 0 Å². The Hall–Kier alpha value is -1.88. The molecule has 5 heteroatoms. The quantitative estimate of drug-likeness (QED) is 0.820. The molecule has 1 aromatic heterocycles. The van der Waals surface area contributed by atoms with Crippen LogP contribution in [0, 0.1) is 5.82 Å². The van der Waals surface area contributed by atoms with Gasteiger partial charge in [0.1, 0.15) is 11.6 Å². The topological polar surface area (TPSA) is 55.9 Å². The van der Waals surface area contributed by atoms with E-state index in [1.165, 1.54) is 16.8 Å². The fourth-order valence-corrected chi connectivity index (χ4v) is 1.53. The van der Waals surface area contributed by atoms with Crippen LogP contribution in [0.25, 0.3) is 5.69 Å². The molecule has 2 rings (SSSR count). The predicted octanol–water partition coefficient (Wildman–Crippen LogP) is 1.31. The highest BCUT2D eigenvalue weighted by Gasteiger charge is 2.06. The molecule has 0 fully saturated rings. The minimum atomic E-state index is -0.303. The van der Waals surface area contributed by atoms with Gasteiger partial charge in [-0.25, -0.2) is 9.07 Å². The molecule has 0 spiro atoms. The molecule has 0 aliphatic rings. The van der Waals surface area contributed by atoms with E-state index in [2.05, 4.69) is 10.4 Å². The van der Waals surface area contributed by atoms with Crippen LogP contribution in [0.1, 0.15) is 5.69 Å². The molecular formula is C11H13FN4. The molecule has 3 N–H and O–H groups in total. The van der Waals surface area contributed by atoms with E-state index in [-0.39, 0.29) is 5.82 Å². The predicted molar refractivity (Wildman–Crippen MR) is 60.7 cm³/mol. The van der Waals surface area contributed by atoms with Crippen LogP contribution in [0.15, 0.2) is 30.3 Å². The minimum Gasteiger partial charge on any atom is -0.384 e. The lowest BCUT2D eigenvalue weighted by Crippen LogP contribution is -2.06.